The molecule has 2 aromatic heterocycles. The molecular formula is C18H19FN4S2. The second kappa shape index (κ2) is 7.66. The van der Waals surface area contributed by atoms with Gasteiger partial charge in [-0.05, 0) is 30.2 Å². The molecular weight excluding hydrogens is 355 g/mol. The first-order valence-electron chi connectivity index (χ1n) is 8.51. The van der Waals surface area contributed by atoms with Crippen LogP contribution in [0.1, 0.15) is 37.2 Å². The summed E-state index contributed by atoms with van der Waals surface area (Å²) in [5, 5.41) is 11.1. The van der Waals surface area contributed by atoms with Crippen LogP contribution in [0.25, 0.3) is 10.6 Å². The van der Waals surface area contributed by atoms with Crippen molar-refractivity contribution < 1.29 is 4.39 Å². The van der Waals surface area contributed by atoms with Crippen LogP contribution in [0.2, 0.25) is 0 Å². The molecule has 1 aromatic carbocycles. The summed E-state index contributed by atoms with van der Waals surface area (Å²) < 4.78 is 13.0. The zero-order valence-corrected chi connectivity index (χ0v) is 15.4. The molecule has 7 heteroatoms. The molecule has 4 rings (SSSR count). The monoisotopic (exact) mass is 374 g/mol. The lowest BCUT2D eigenvalue weighted by molar-refractivity contribution is 0.531. The number of halogens is 1. The predicted molar refractivity (Wildman–Crippen MR) is 99.1 cm³/mol. The van der Waals surface area contributed by atoms with Gasteiger partial charge >= 0.3 is 0 Å². The van der Waals surface area contributed by atoms with Crippen LogP contribution in [-0.4, -0.2) is 20.2 Å². The quantitative estimate of drug-likeness (QED) is 0.611. The van der Waals surface area contributed by atoms with Crippen molar-refractivity contribution in [2.24, 2.45) is 5.92 Å². The first-order valence-corrected chi connectivity index (χ1v) is 10.4. The second-order valence-electron chi connectivity index (χ2n) is 6.36. The summed E-state index contributed by atoms with van der Waals surface area (Å²) in [5.41, 5.74) is 1.94. The molecule has 1 fully saturated rings. The molecule has 3 aromatic rings. The van der Waals surface area contributed by atoms with Crippen molar-refractivity contribution in [3.8, 4) is 10.6 Å². The van der Waals surface area contributed by atoms with E-state index in [-0.39, 0.29) is 5.82 Å². The molecule has 4 nitrogen and oxygen atoms in total. The van der Waals surface area contributed by atoms with Crippen LogP contribution in [0.5, 0.6) is 0 Å². The number of aromatic amines is 1. The van der Waals surface area contributed by atoms with E-state index in [9.17, 15) is 4.39 Å². The van der Waals surface area contributed by atoms with E-state index in [4.69, 9.17) is 0 Å². The van der Waals surface area contributed by atoms with E-state index >= 15 is 0 Å². The topological polar surface area (TPSA) is 54.5 Å². The summed E-state index contributed by atoms with van der Waals surface area (Å²) in [5.74, 6) is 2.27. The number of hydrogen-bond donors (Lipinski definition) is 1. The number of thiazole rings is 1. The Labute approximate surface area is 154 Å². The number of aromatic nitrogens is 4. The molecule has 0 amide bonds. The number of rotatable bonds is 6. The van der Waals surface area contributed by atoms with Gasteiger partial charge in [0.25, 0.3) is 0 Å². The maximum atomic E-state index is 13.0. The van der Waals surface area contributed by atoms with Crippen molar-refractivity contribution in [2.45, 2.75) is 43.0 Å². The number of benzene rings is 1. The highest BCUT2D eigenvalue weighted by Gasteiger charge is 2.17. The van der Waals surface area contributed by atoms with Gasteiger partial charge < -0.3 is 0 Å². The number of hydrogen-bond acceptors (Lipinski definition) is 5. The Kier molecular flexibility index (Phi) is 5.12. The lowest BCUT2D eigenvalue weighted by atomic mass is 10.0. The largest absolute Gasteiger partial charge is 0.262 e. The maximum Gasteiger partial charge on any atom is 0.208 e. The van der Waals surface area contributed by atoms with E-state index in [1.807, 2.05) is 5.38 Å². The van der Waals surface area contributed by atoms with Crippen LogP contribution in [0.3, 0.4) is 0 Å². The van der Waals surface area contributed by atoms with Gasteiger partial charge in [0.2, 0.25) is 5.16 Å². The third-order valence-electron chi connectivity index (χ3n) is 4.46. The van der Waals surface area contributed by atoms with Crippen molar-refractivity contribution in [3.63, 3.8) is 0 Å². The first-order chi connectivity index (χ1) is 12.3. The molecule has 0 unspecified atom stereocenters. The minimum Gasteiger partial charge on any atom is -0.262 e. The molecule has 1 N–H and O–H groups in total. The van der Waals surface area contributed by atoms with Gasteiger partial charge in [-0.2, -0.15) is 0 Å². The molecule has 1 aliphatic rings. The van der Waals surface area contributed by atoms with Crippen LogP contribution in [-0.2, 0) is 12.2 Å². The minimum absolute atomic E-state index is 0.228. The molecule has 2 heterocycles. The second-order valence-corrected chi connectivity index (χ2v) is 8.16. The van der Waals surface area contributed by atoms with Crippen LogP contribution < -0.4 is 0 Å². The third kappa shape index (κ3) is 4.27. The molecule has 0 aliphatic heterocycles. The van der Waals surface area contributed by atoms with E-state index < -0.39 is 0 Å². The van der Waals surface area contributed by atoms with Crippen LogP contribution >= 0.6 is 23.1 Å². The lowest BCUT2D eigenvalue weighted by Gasteiger charge is -2.03. The molecule has 130 valence electrons. The van der Waals surface area contributed by atoms with Gasteiger partial charge in [0.15, 0.2) is 0 Å². The van der Waals surface area contributed by atoms with Crippen LogP contribution in [0.4, 0.5) is 4.39 Å². The standard InChI is InChI=1S/C18H19FN4S2/c19-14-7-5-13(6-8-14)17-20-15(10-24-17)11-25-18-21-16(22-23-18)9-12-3-1-2-4-12/h5-8,10,12H,1-4,9,11H2,(H,21,22,23). The predicted octanol–water partition coefficient (Wildman–Crippen LogP) is 5.09. The van der Waals surface area contributed by atoms with Crippen LogP contribution in [0.15, 0.2) is 34.8 Å². The van der Waals surface area contributed by atoms with Gasteiger partial charge in [-0.3, -0.25) is 5.10 Å². The lowest BCUT2D eigenvalue weighted by Crippen LogP contribution is -2.00. The van der Waals surface area contributed by atoms with E-state index in [2.05, 4.69) is 20.2 Å². The molecule has 25 heavy (non-hydrogen) atoms. The Balaban J connectivity index is 1.34. The Bertz CT molecular complexity index is 822. The van der Waals surface area contributed by atoms with Crippen molar-refractivity contribution >= 4 is 23.1 Å². The van der Waals surface area contributed by atoms with E-state index in [1.54, 1.807) is 35.2 Å². The Morgan fingerprint density at radius 1 is 1.16 bits per heavy atom. The summed E-state index contributed by atoms with van der Waals surface area (Å²) in [6, 6.07) is 6.45. The molecule has 0 bridgehead atoms. The summed E-state index contributed by atoms with van der Waals surface area (Å²) in [6.07, 6.45) is 6.34. The smallest absolute Gasteiger partial charge is 0.208 e. The zero-order chi connectivity index (χ0) is 17.1. The molecule has 0 saturated heterocycles. The first kappa shape index (κ1) is 16.7. The number of nitrogens with one attached hydrogen (secondary N) is 1. The Hall–Kier alpha value is -1.73. The Morgan fingerprint density at radius 2 is 1.96 bits per heavy atom. The van der Waals surface area contributed by atoms with Gasteiger partial charge in [0.05, 0.1) is 5.69 Å². The van der Waals surface area contributed by atoms with Crippen molar-refractivity contribution in [3.05, 3.63) is 47.0 Å². The molecule has 1 saturated carbocycles. The molecule has 1 aliphatic carbocycles. The SMILES string of the molecule is Fc1ccc(-c2nc(CSc3n[nH]c(CC4CCCC4)n3)cs2)cc1. The fourth-order valence-electron chi connectivity index (χ4n) is 3.16. The zero-order valence-electron chi connectivity index (χ0n) is 13.7. The minimum atomic E-state index is -0.228. The molecule has 0 radical (unpaired) electrons. The highest BCUT2D eigenvalue weighted by Crippen LogP contribution is 2.29. The normalized spacial score (nSPS) is 15.1. The third-order valence-corrected chi connectivity index (χ3v) is 6.28. The van der Waals surface area contributed by atoms with Crippen molar-refractivity contribution in [2.75, 3.05) is 0 Å². The summed E-state index contributed by atoms with van der Waals surface area (Å²) in [4.78, 5) is 9.22. The number of H-pyrrole nitrogens is 1. The van der Waals surface area contributed by atoms with E-state index in [1.165, 1.54) is 37.8 Å². The van der Waals surface area contributed by atoms with Gasteiger partial charge in [0.1, 0.15) is 16.6 Å². The summed E-state index contributed by atoms with van der Waals surface area (Å²) in [7, 11) is 0. The summed E-state index contributed by atoms with van der Waals surface area (Å²) >= 11 is 3.17. The highest BCUT2D eigenvalue weighted by molar-refractivity contribution is 7.98. The van der Waals surface area contributed by atoms with E-state index in [0.29, 0.717) is 0 Å². The van der Waals surface area contributed by atoms with Gasteiger partial charge in [-0.1, -0.05) is 37.4 Å². The van der Waals surface area contributed by atoms with Crippen LogP contribution in [0, 0.1) is 11.7 Å². The maximum absolute atomic E-state index is 13.0. The summed E-state index contributed by atoms with van der Waals surface area (Å²) in [6.45, 7) is 0. The molecule has 0 spiro atoms. The van der Waals surface area contributed by atoms with Gasteiger partial charge in [0, 0.05) is 23.1 Å². The van der Waals surface area contributed by atoms with Crippen molar-refractivity contribution in [1.82, 2.24) is 20.2 Å². The average Bonchev–Trinajstić information content (AvgIpc) is 3.36. The fourth-order valence-corrected chi connectivity index (χ4v) is 4.80. The van der Waals surface area contributed by atoms with Gasteiger partial charge in [-0.15, -0.1) is 16.4 Å². The highest BCUT2D eigenvalue weighted by atomic mass is 32.2. The average molecular weight is 375 g/mol. The van der Waals surface area contributed by atoms with E-state index in [0.717, 1.165) is 45.3 Å². The Morgan fingerprint density at radius 3 is 2.76 bits per heavy atom. The van der Waals surface area contributed by atoms with Crippen molar-refractivity contribution in [1.29, 1.82) is 0 Å². The number of thioether (sulfide) groups is 1. The van der Waals surface area contributed by atoms with Gasteiger partial charge in [-0.25, -0.2) is 14.4 Å². The molecule has 0 atom stereocenters. The fraction of sp³-hybridized carbons (Fsp3) is 0.389. The number of nitrogens with zero attached hydrogens (tertiary/aromatic N) is 3.